The zero-order valence-electron chi connectivity index (χ0n) is 12.5. The van der Waals surface area contributed by atoms with E-state index in [0.29, 0.717) is 12.5 Å². The summed E-state index contributed by atoms with van der Waals surface area (Å²) in [6, 6.07) is 8.20. The Kier molecular flexibility index (Phi) is 5.18. The molecule has 0 bridgehead atoms. The van der Waals surface area contributed by atoms with Gasteiger partial charge in [-0.3, -0.25) is 0 Å². The van der Waals surface area contributed by atoms with Crippen LogP contribution in [0.1, 0.15) is 25.2 Å². The standard InChI is InChI=1S/C16H23N3O/c1-13(2)10-17-11-14-5-4-6-15(9-14)20-12-16-18-7-8-19(16)3/h4-9,13,17H,10-12H2,1-3H3. The van der Waals surface area contributed by atoms with E-state index in [4.69, 9.17) is 4.74 Å². The van der Waals surface area contributed by atoms with E-state index in [9.17, 15) is 0 Å². The van der Waals surface area contributed by atoms with E-state index >= 15 is 0 Å². The molecule has 1 heterocycles. The molecule has 0 aliphatic carbocycles. The Balaban J connectivity index is 1.87. The Morgan fingerprint density at radius 3 is 2.90 bits per heavy atom. The molecule has 1 aromatic heterocycles. The van der Waals surface area contributed by atoms with Gasteiger partial charge in [0.2, 0.25) is 0 Å². The van der Waals surface area contributed by atoms with Gasteiger partial charge in [-0.2, -0.15) is 0 Å². The van der Waals surface area contributed by atoms with Crippen molar-refractivity contribution in [1.29, 1.82) is 0 Å². The van der Waals surface area contributed by atoms with Gasteiger partial charge in [-0.05, 0) is 30.2 Å². The van der Waals surface area contributed by atoms with Crippen molar-refractivity contribution in [2.75, 3.05) is 6.54 Å². The van der Waals surface area contributed by atoms with Crippen molar-refractivity contribution < 1.29 is 4.74 Å². The lowest BCUT2D eigenvalue weighted by molar-refractivity contribution is 0.291. The molecule has 0 atom stereocenters. The number of ether oxygens (including phenoxy) is 1. The number of nitrogens with one attached hydrogen (secondary N) is 1. The quantitative estimate of drug-likeness (QED) is 0.843. The van der Waals surface area contributed by atoms with Crippen LogP contribution in [0.5, 0.6) is 5.75 Å². The van der Waals surface area contributed by atoms with Crippen LogP contribution in [0.2, 0.25) is 0 Å². The van der Waals surface area contributed by atoms with E-state index < -0.39 is 0 Å². The molecule has 1 aromatic carbocycles. The minimum Gasteiger partial charge on any atom is -0.486 e. The molecule has 0 fully saturated rings. The molecule has 2 aromatic rings. The minimum absolute atomic E-state index is 0.492. The van der Waals surface area contributed by atoms with Gasteiger partial charge in [0, 0.05) is 26.0 Å². The second kappa shape index (κ2) is 7.10. The zero-order chi connectivity index (χ0) is 14.4. The molecule has 0 saturated carbocycles. The smallest absolute Gasteiger partial charge is 0.146 e. The van der Waals surface area contributed by atoms with Crippen LogP contribution in [0.15, 0.2) is 36.7 Å². The molecule has 0 aliphatic heterocycles. The summed E-state index contributed by atoms with van der Waals surface area (Å²) in [7, 11) is 1.97. The van der Waals surface area contributed by atoms with E-state index in [2.05, 4.69) is 36.3 Å². The Morgan fingerprint density at radius 2 is 2.20 bits per heavy atom. The molecule has 4 nitrogen and oxygen atoms in total. The van der Waals surface area contributed by atoms with E-state index in [1.165, 1.54) is 5.56 Å². The molecule has 0 spiro atoms. The lowest BCUT2D eigenvalue weighted by Gasteiger charge is -2.10. The van der Waals surface area contributed by atoms with Gasteiger partial charge in [0.25, 0.3) is 0 Å². The van der Waals surface area contributed by atoms with Crippen molar-refractivity contribution in [3.05, 3.63) is 48.0 Å². The molecule has 2 rings (SSSR count). The number of imidazole rings is 1. The normalized spacial score (nSPS) is 11.0. The predicted octanol–water partition coefficient (Wildman–Crippen LogP) is 2.74. The fraction of sp³-hybridized carbons (Fsp3) is 0.438. The van der Waals surface area contributed by atoms with Crippen LogP contribution in [0.25, 0.3) is 0 Å². The van der Waals surface area contributed by atoms with Crippen LogP contribution in [0.4, 0.5) is 0 Å². The van der Waals surface area contributed by atoms with Crippen molar-refractivity contribution >= 4 is 0 Å². The largest absolute Gasteiger partial charge is 0.486 e. The molecule has 20 heavy (non-hydrogen) atoms. The van der Waals surface area contributed by atoms with Crippen molar-refractivity contribution in [2.24, 2.45) is 13.0 Å². The minimum atomic E-state index is 0.492. The van der Waals surface area contributed by atoms with Gasteiger partial charge in [0.15, 0.2) is 0 Å². The first-order valence-corrected chi connectivity index (χ1v) is 7.04. The summed E-state index contributed by atoms with van der Waals surface area (Å²) in [6.45, 7) is 6.81. The molecule has 0 aliphatic rings. The highest BCUT2D eigenvalue weighted by atomic mass is 16.5. The summed E-state index contributed by atoms with van der Waals surface area (Å²) < 4.78 is 7.75. The van der Waals surface area contributed by atoms with E-state index in [1.807, 2.05) is 29.9 Å². The Hall–Kier alpha value is -1.81. The molecule has 0 unspecified atom stereocenters. The molecule has 0 saturated heterocycles. The van der Waals surface area contributed by atoms with E-state index in [0.717, 1.165) is 24.7 Å². The lowest BCUT2D eigenvalue weighted by atomic mass is 10.2. The second-order valence-corrected chi connectivity index (χ2v) is 5.42. The summed E-state index contributed by atoms with van der Waals surface area (Å²) >= 11 is 0. The third-order valence-electron chi connectivity index (χ3n) is 3.07. The number of hydrogen-bond acceptors (Lipinski definition) is 3. The summed E-state index contributed by atoms with van der Waals surface area (Å²) in [6.07, 6.45) is 3.70. The van der Waals surface area contributed by atoms with E-state index in [-0.39, 0.29) is 0 Å². The first kappa shape index (κ1) is 14.6. The number of nitrogens with zero attached hydrogens (tertiary/aromatic N) is 2. The van der Waals surface area contributed by atoms with Crippen LogP contribution in [0, 0.1) is 5.92 Å². The summed E-state index contributed by atoms with van der Waals surface area (Å²) in [4.78, 5) is 4.25. The van der Waals surface area contributed by atoms with Gasteiger partial charge >= 0.3 is 0 Å². The number of hydrogen-bond donors (Lipinski definition) is 1. The number of rotatable bonds is 7. The molecule has 0 amide bonds. The third kappa shape index (κ3) is 4.38. The highest BCUT2D eigenvalue weighted by molar-refractivity contribution is 5.28. The maximum absolute atomic E-state index is 5.79. The van der Waals surface area contributed by atoms with Crippen LogP contribution in [-0.2, 0) is 20.2 Å². The van der Waals surface area contributed by atoms with Gasteiger partial charge in [0.1, 0.15) is 18.2 Å². The summed E-state index contributed by atoms with van der Waals surface area (Å²) in [5.41, 5.74) is 1.24. The first-order chi connectivity index (χ1) is 9.65. The van der Waals surface area contributed by atoms with Gasteiger partial charge in [0.05, 0.1) is 0 Å². The Labute approximate surface area is 120 Å². The monoisotopic (exact) mass is 273 g/mol. The number of aryl methyl sites for hydroxylation is 1. The van der Waals surface area contributed by atoms with Gasteiger partial charge in [-0.15, -0.1) is 0 Å². The molecular formula is C16H23N3O. The third-order valence-corrected chi connectivity index (χ3v) is 3.07. The van der Waals surface area contributed by atoms with Crippen LogP contribution >= 0.6 is 0 Å². The maximum atomic E-state index is 5.79. The molecule has 108 valence electrons. The van der Waals surface area contributed by atoms with Crippen LogP contribution in [-0.4, -0.2) is 16.1 Å². The highest BCUT2D eigenvalue weighted by Crippen LogP contribution is 2.14. The molecule has 1 N–H and O–H groups in total. The number of aromatic nitrogens is 2. The summed E-state index contributed by atoms with van der Waals surface area (Å²) in [5.74, 6) is 2.48. The predicted molar refractivity (Wildman–Crippen MR) is 80.5 cm³/mol. The van der Waals surface area contributed by atoms with Crippen LogP contribution < -0.4 is 10.1 Å². The molecular weight excluding hydrogens is 250 g/mol. The van der Waals surface area contributed by atoms with Crippen molar-refractivity contribution in [3.63, 3.8) is 0 Å². The highest BCUT2D eigenvalue weighted by Gasteiger charge is 2.02. The zero-order valence-corrected chi connectivity index (χ0v) is 12.5. The Morgan fingerprint density at radius 1 is 1.35 bits per heavy atom. The van der Waals surface area contributed by atoms with Gasteiger partial charge < -0.3 is 14.6 Å². The number of benzene rings is 1. The van der Waals surface area contributed by atoms with Crippen LogP contribution in [0.3, 0.4) is 0 Å². The van der Waals surface area contributed by atoms with Crippen molar-refractivity contribution in [3.8, 4) is 5.75 Å². The molecule has 4 heteroatoms. The first-order valence-electron chi connectivity index (χ1n) is 7.04. The van der Waals surface area contributed by atoms with Crippen molar-refractivity contribution in [1.82, 2.24) is 14.9 Å². The fourth-order valence-electron chi connectivity index (χ4n) is 1.93. The van der Waals surface area contributed by atoms with E-state index in [1.54, 1.807) is 6.20 Å². The summed E-state index contributed by atoms with van der Waals surface area (Å²) in [5, 5.41) is 3.44. The fourth-order valence-corrected chi connectivity index (χ4v) is 1.93. The lowest BCUT2D eigenvalue weighted by Crippen LogP contribution is -2.18. The van der Waals surface area contributed by atoms with Gasteiger partial charge in [-0.1, -0.05) is 26.0 Å². The topological polar surface area (TPSA) is 39.1 Å². The van der Waals surface area contributed by atoms with Gasteiger partial charge in [-0.25, -0.2) is 4.98 Å². The second-order valence-electron chi connectivity index (χ2n) is 5.42. The average Bonchev–Trinajstić information content (AvgIpc) is 2.82. The molecule has 0 radical (unpaired) electrons. The van der Waals surface area contributed by atoms with Crippen molar-refractivity contribution in [2.45, 2.75) is 27.0 Å². The average molecular weight is 273 g/mol. The Bertz CT molecular complexity index is 534. The maximum Gasteiger partial charge on any atom is 0.146 e. The SMILES string of the molecule is CC(C)CNCc1cccc(OCc2nccn2C)c1.